The Kier molecular flexibility index (Phi) is 5.99. The largest absolute Gasteiger partial charge is 0.378 e. The number of rotatable bonds is 3. The van der Waals surface area contributed by atoms with E-state index in [1.807, 2.05) is 0 Å². The molecule has 0 heterocycles. The van der Waals surface area contributed by atoms with E-state index in [1.165, 1.54) is 33.4 Å². The molecule has 2 nitrogen and oxygen atoms in total. The topological polar surface area (TPSA) is 38.4 Å². The summed E-state index contributed by atoms with van der Waals surface area (Å²) in [5.41, 5.74) is 15.1. The molecule has 2 rings (SSSR count). The Morgan fingerprint density at radius 3 is 1.92 bits per heavy atom. The van der Waals surface area contributed by atoms with Crippen LogP contribution in [-0.4, -0.2) is 5.17 Å². The number of nitrogens with two attached hydrogens (primary N) is 1. The van der Waals surface area contributed by atoms with Crippen LogP contribution in [0.3, 0.4) is 0 Å². The van der Waals surface area contributed by atoms with Crippen LogP contribution in [0.15, 0.2) is 35.3 Å². The first kappa shape index (κ1) is 19.6. The number of hydrogen-bond donors (Lipinski definition) is 1. The molecule has 2 aromatic rings. The third-order valence-electron chi connectivity index (χ3n) is 4.37. The number of nitrogens with zero attached hydrogens (tertiary/aromatic N) is 1. The monoisotopic (exact) mass is 354 g/mol. The zero-order valence-electron chi connectivity index (χ0n) is 16.5. The molecule has 0 bridgehead atoms. The highest BCUT2D eigenvalue weighted by molar-refractivity contribution is 8.13. The summed E-state index contributed by atoms with van der Waals surface area (Å²) in [4.78, 5) is 4.57. The zero-order valence-corrected chi connectivity index (χ0v) is 17.3. The van der Waals surface area contributed by atoms with Gasteiger partial charge in [-0.1, -0.05) is 50.7 Å². The summed E-state index contributed by atoms with van der Waals surface area (Å²) in [6.45, 7) is 15.3. The van der Waals surface area contributed by atoms with Crippen LogP contribution in [0, 0.1) is 27.7 Å². The molecule has 0 aromatic heterocycles. The minimum absolute atomic E-state index is 0.171. The molecular weight excluding hydrogens is 324 g/mol. The van der Waals surface area contributed by atoms with Crippen LogP contribution in [0.4, 0.5) is 5.69 Å². The molecule has 0 unspecified atom stereocenters. The second-order valence-corrected chi connectivity index (χ2v) is 8.92. The van der Waals surface area contributed by atoms with Crippen molar-refractivity contribution < 1.29 is 0 Å². The molecule has 0 aliphatic rings. The highest BCUT2D eigenvalue weighted by atomic mass is 32.2. The lowest BCUT2D eigenvalue weighted by Gasteiger charge is -2.22. The van der Waals surface area contributed by atoms with Gasteiger partial charge < -0.3 is 5.73 Å². The molecule has 2 aromatic carbocycles. The molecule has 3 heteroatoms. The summed E-state index contributed by atoms with van der Waals surface area (Å²) < 4.78 is 0. The van der Waals surface area contributed by atoms with Gasteiger partial charge in [-0.15, -0.1) is 0 Å². The van der Waals surface area contributed by atoms with E-state index in [1.54, 1.807) is 11.8 Å². The summed E-state index contributed by atoms with van der Waals surface area (Å²) in [6, 6.07) is 10.9. The van der Waals surface area contributed by atoms with Gasteiger partial charge in [-0.25, -0.2) is 4.99 Å². The van der Waals surface area contributed by atoms with Crippen molar-refractivity contribution in [3.8, 4) is 0 Å². The van der Waals surface area contributed by atoms with Crippen molar-refractivity contribution in [3.63, 3.8) is 0 Å². The van der Waals surface area contributed by atoms with E-state index in [2.05, 4.69) is 83.8 Å². The number of amidine groups is 1. The van der Waals surface area contributed by atoms with Crippen LogP contribution < -0.4 is 5.73 Å². The van der Waals surface area contributed by atoms with Gasteiger partial charge in [0.15, 0.2) is 5.17 Å². The Morgan fingerprint density at radius 2 is 1.44 bits per heavy atom. The highest BCUT2D eigenvalue weighted by Gasteiger charge is 2.16. The maximum absolute atomic E-state index is 6.17. The van der Waals surface area contributed by atoms with E-state index in [0.29, 0.717) is 5.17 Å². The normalized spacial score (nSPS) is 12.5. The molecule has 0 radical (unpaired) electrons. The number of thioether (sulfide) groups is 1. The second kappa shape index (κ2) is 7.65. The lowest BCUT2D eigenvalue weighted by Crippen LogP contribution is -2.13. The van der Waals surface area contributed by atoms with E-state index >= 15 is 0 Å². The maximum atomic E-state index is 6.17. The number of aliphatic imine (C=N–C) groups is 1. The SMILES string of the molecule is Cc1cc(C)cc(N=C(N)SCc2c(C)cc(C(C)(C)C)cc2C)c1. The van der Waals surface area contributed by atoms with Crippen molar-refractivity contribution in [3.05, 3.63) is 63.7 Å². The highest BCUT2D eigenvalue weighted by Crippen LogP contribution is 2.29. The Bertz CT molecular complexity index is 755. The van der Waals surface area contributed by atoms with Crippen molar-refractivity contribution in [1.82, 2.24) is 0 Å². The van der Waals surface area contributed by atoms with Crippen LogP contribution in [0.2, 0.25) is 0 Å². The lowest BCUT2D eigenvalue weighted by atomic mass is 9.84. The summed E-state index contributed by atoms with van der Waals surface area (Å²) in [7, 11) is 0. The quantitative estimate of drug-likeness (QED) is 0.534. The number of aryl methyl sites for hydroxylation is 4. The van der Waals surface area contributed by atoms with Gasteiger partial charge in [0.05, 0.1) is 5.69 Å². The first-order valence-electron chi connectivity index (χ1n) is 8.72. The number of benzene rings is 2. The first-order chi connectivity index (χ1) is 11.6. The van der Waals surface area contributed by atoms with Crippen molar-refractivity contribution in [2.24, 2.45) is 10.7 Å². The van der Waals surface area contributed by atoms with Gasteiger partial charge >= 0.3 is 0 Å². The molecular formula is C22H30N2S. The van der Waals surface area contributed by atoms with Gasteiger partial charge in [0.1, 0.15) is 0 Å². The molecule has 134 valence electrons. The van der Waals surface area contributed by atoms with Crippen LogP contribution in [0.1, 0.15) is 54.2 Å². The van der Waals surface area contributed by atoms with Crippen molar-refractivity contribution >= 4 is 22.6 Å². The third kappa shape index (κ3) is 5.37. The fourth-order valence-corrected chi connectivity index (χ4v) is 3.89. The van der Waals surface area contributed by atoms with Crippen LogP contribution in [-0.2, 0) is 11.2 Å². The minimum atomic E-state index is 0.171. The average Bonchev–Trinajstić information content (AvgIpc) is 2.43. The standard InChI is InChI=1S/C22H30N2S/c1-14-8-15(2)10-19(9-14)24-21(23)25-13-20-16(3)11-18(12-17(20)4)22(5,6)7/h8-12H,13H2,1-7H3,(H2,23,24). The summed E-state index contributed by atoms with van der Waals surface area (Å²) >= 11 is 1.61. The molecule has 0 aliphatic carbocycles. The molecule has 0 atom stereocenters. The van der Waals surface area contributed by atoms with Crippen LogP contribution in [0.5, 0.6) is 0 Å². The van der Waals surface area contributed by atoms with Crippen molar-refractivity contribution in [2.45, 2.75) is 59.6 Å². The maximum Gasteiger partial charge on any atom is 0.159 e. The third-order valence-corrected chi connectivity index (χ3v) is 5.19. The molecule has 0 saturated carbocycles. The Balaban J connectivity index is 2.16. The van der Waals surface area contributed by atoms with Crippen LogP contribution >= 0.6 is 11.8 Å². The fraction of sp³-hybridized carbons (Fsp3) is 0.409. The van der Waals surface area contributed by atoms with Gasteiger partial charge in [0, 0.05) is 5.75 Å². The van der Waals surface area contributed by atoms with Gasteiger partial charge in [-0.2, -0.15) is 0 Å². The minimum Gasteiger partial charge on any atom is -0.378 e. The molecule has 0 aliphatic heterocycles. The van der Waals surface area contributed by atoms with Crippen molar-refractivity contribution in [1.29, 1.82) is 0 Å². The second-order valence-electron chi connectivity index (χ2n) is 7.92. The van der Waals surface area contributed by atoms with Gasteiger partial charge in [-0.3, -0.25) is 0 Å². The Morgan fingerprint density at radius 1 is 0.920 bits per heavy atom. The zero-order chi connectivity index (χ0) is 18.8. The number of hydrogen-bond acceptors (Lipinski definition) is 2. The fourth-order valence-electron chi connectivity index (χ4n) is 2.97. The first-order valence-corrected chi connectivity index (χ1v) is 9.70. The predicted molar refractivity (Wildman–Crippen MR) is 113 cm³/mol. The van der Waals surface area contributed by atoms with E-state index in [-0.39, 0.29) is 5.41 Å². The van der Waals surface area contributed by atoms with Gasteiger partial charge in [0.2, 0.25) is 0 Å². The molecule has 0 amide bonds. The summed E-state index contributed by atoms with van der Waals surface area (Å²) in [5.74, 6) is 0.849. The average molecular weight is 355 g/mol. The molecule has 25 heavy (non-hydrogen) atoms. The van der Waals surface area contributed by atoms with E-state index < -0.39 is 0 Å². The van der Waals surface area contributed by atoms with E-state index in [4.69, 9.17) is 5.73 Å². The van der Waals surface area contributed by atoms with E-state index in [9.17, 15) is 0 Å². The van der Waals surface area contributed by atoms with Crippen molar-refractivity contribution in [2.75, 3.05) is 0 Å². The van der Waals surface area contributed by atoms with Gasteiger partial charge in [0.25, 0.3) is 0 Å². The lowest BCUT2D eigenvalue weighted by molar-refractivity contribution is 0.589. The Hall–Kier alpha value is -1.74. The van der Waals surface area contributed by atoms with Gasteiger partial charge in [-0.05, 0) is 78.6 Å². The predicted octanol–water partition coefficient (Wildman–Crippen LogP) is 6.10. The molecule has 0 spiro atoms. The molecule has 0 fully saturated rings. The van der Waals surface area contributed by atoms with Crippen LogP contribution in [0.25, 0.3) is 0 Å². The molecule has 2 N–H and O–H groups in total. The molecule has 0 saturated heterocycles. The summed E-state index contributed by atoms with van der Waals surface area (Å²) in [5, 5.41) is 0.615. The smallest absolute Gasteiger partial charge is 0.159 e. The summed E-state index contributed by atoms with van der Waals surface area (Å²) in [6.07, 6.45) is 0. The van der Waals surface area contributed by atoms with E-state index in [0.717, 1.165) is 11.4 Å². The Labute approximate surface area is 156 Å².